The molecule has 0 spiro atoms. The van der Waals surface area contributed by atoms with Gasteiger partial charge in [-0.25, -0.2) is 0 Å². The van der Waals surface area contributed by atoms with E-state index in [1.54, 1.807) is 17.6 Å². The third-order valence-electron chi connectivity index (χ3n) is 10.4. The Morgan fingerprint density at radius 3 is 2.27 bits per heavy atom. The van der Waals surface area contributed by atoms with Crippen LogP contribution in [0.1, 0.15) is 105 Å². The standard InChI is InChI=1S/C26H21N2OS.C15H28O2.Ir/c1-26(2,3)19-13-16(12-15-6-4-5-7-17(15)19)24-23-22-18-10-11-29-20(18)8-9-21(22)30-25(23)28-14-27-24;1-7-14(5,8-2)12(16)11-13(17)15(6,9-3)10-4;/h4-11,13,28H,14H2,1-3H3;11,16H,7-10H2,1-6H3;/q-1;;/b;12-11-;. The molecule has 1 aliphatic heterocycles. The third kappa shape index (κ3) is 7.06. The van der Waals surface area contributed by atoms with Gasteiger partial charge in [0.25, 0.3) is 0 Å². The molecule has 3 aromatic carbocycles. The maximum atomic E-state index is 12.2. The van der Waals surface area contributed by atoms with Gasteiger partial charge in [-0.3, -0.25) is 4.79 Å². The third-order valence-corrected chi connectivity index (χ3v) is 11.6. The number of hydrogen-bond acceptors (Lipinski definition) is 6. The molecule has 5 aromatic rings. The van der Waals surface area contributed by atoms with Crippen molar-refractivity contribution in [2.45, 2.75) is 93.4 Å². The Morgan fingerprint density at radius 1 is 0.958 bits per heavy atom. The molecule has 0 bridgehead atoms. The molecule has 2 N–H and O–H groups in total. The van der Waals surface area contributed by atoms with Crippen LogP contribution < -0.4 is 5.32 Å². The van der Waals surface area contributed by atoms with Crippen LogP contribution in [0.4, 0.5) is 5.00 Å². The number of thiophene rings is 1. The van der Waals surface area contributed by atoms with E-state index in [4.69, 9.17) is 9.41 Å². The molecule has 0 fully saturated rings. The van der Waals surface area contributed by atoms with Crippen molar-refractivity contribution in [3.63, 3.8) is 0 Å². The number of anilines is 1. The summed E-state index contributed by atoms with van der Waals surface area (Å²) in [7, 11) is 0. The fourth-order valence-corrected chi connectivity index (χ4v) is 7.25. The first-order chi connectivity index (χ1) is 22.3. The minimum atomic E-state index is -0.337. The summed E-state index contributed by atoms with van der Waals surface area (Å²) in [5.74, 6) is 0.286. The molecule has 3 heterocycles. The zero-order valence-electron chi connectivity index (χ0n) is 29.8. The Kier molecular flexibility index (Phi) is 11.5. The molecule has 1 aliphatic rings. The number of benzene rings is 3. The van der Waals surface area contributed by atoms with Gasteiger partial charge >= 0.3 is 0 Å². The van der Waals surface area contributed by atoms with E-state index in [9.17, 15) is 9.90 Å². The summed E-state index contributed by atoms with van der Waals surface area (Å²) in [4.78, 5) is 17.1. The van der Waals surface area contributed by atoms with Crippen molar-refractivity contribution in [2.75, 3.05) is 12.0 Å². The number of aliphatic hydroxyl groups excluding tert-OH is 1. The summed E-state index contributed by atoms with van der Waals surface area (Å²) in [6.07, 6.45) is 6.52. The number of aliphatic hydroxyl groups is 1. The Morgan fingerprint density at radius 2 is 1.62 bits per heavy atom. The first kappa shape index (κ1) is 37.6. The van der Waals surface area contributed by atoms with Crippen LogP contribution in [-0.2, 0) is 30.3 Å². The number of allylic oxidation sites excluding steroid dienone is 2. The van der Waals surface area contributed by atoms with Gasteiger partial charge in [-0.15, -0.1) is 40.5 Å². The van der Waals surface area contributed by atoms with E-state index in [0.717, 1.165) is 53.3 Å². The zero-order chi connectivity index (χ0) is 34.1. The number of ketones is 1. The van der Waals surface area contributed by atoms with E-state index in [-0.39, 0.29) is 47.9 Å². The quantitative estimate of drug-likeness (QED) is 0.0927. The molecule has 2 aromatic heterocycles. The van der Waals surface area contributed by atoms with Crippen LogP contribution in [0.25, 0.3) is 31.8 Å². The molecule has 257 valence electrons. The van der Waals surface area contributed by atoms with Crippen LogP contribution in [0.15, 0.2) is 76.0 Å². The van der Waals surface area contributed by atoms with Gasteiger partial charge in [0.05, 0.1) is 11.3 Å². The van der Waals surface area contributed by atoms with Crippen LogP contribution in [0, 0.1) is 16.9 Å². The molecule has 0 aliphatic carbocycles. The van der Waals surface area contributed by atoms with Crippen molar-refractivity contribution in [1.82, 2.24) is 0 Å². The second-order valence-electron chi connectivity index (χ2n) is 14.2. The first-order valence-electron chi connectivity index (χ1n) is 16.9. The van der Waals surface area contributed by atoms with Gasteiger partial charge in [0.2, 0.25) is 0 Å². The Balaban J connectivity index is 0.000000251. The number of rotatable bonds is 8. The van der Waals surface area contributed by atoms with Crippen molar-refractivity contribution in [2.24, 2.45) is 15.8 Å². The van der Waals surface area contributed by atoms with Gasteiger partial charge in [-0.2, -0.15) is 0 Å². The number of aliphatic imine (C=N–C) groups is 1. The van der Waals surface area contributed by atoms with Gasteiger partial charge < -0.3 is 19.8 Å². The summed E-state index contributed by atoms with van der Waals surface area (Å²) in [5, 5.41) is 19.5. The van der Waals surface area contributed by atoms with E-state index < -0.39 is 0 Å². The van der Waals surface area contributed by atoms with Crippen molar-refractivity contribution in [3.05, 3.63) is 89.4 Å². The van der Waals surface area contributed by atoms with Crippen molar-refractivity contribution in [1.29, 1.82) is 0 Å². The predicted molar refractivity (Wildman–Crippen MR) is 200 cm³/mol. The van der Waals surface area contributed by atoms with Crippen LogP contribution in [0.5, 0.6) is 0 Å². The molecule has 0 saturated carbocycles. The summed E-state index contributed by atoms with van der Waals surface area (Å²) in [6, 6.07) is 20.7. The SMILES string of the molecule is CC(C)(C)c1cc(C2=NCNc3sc4ccc5occc5c4c32)[c-]c2ccccc12.CCC(C)(CC)C(=O)/C=C(\O)C(C)(CC)CC.[Ir]. The number of nitrogens with one attached hydrogen (secondary N) is 1. The summed E-state index contributed by atoms with van der Waals surface area (Å²) >= 11 is 1.78. The molecular formula is C41H49IrN2O3S-. The molecule has 48 heavy (non-hydrogen) atoms. The minimum Gasteiger partial charge on any atom is -0.512 e. The summed E-state index contributed by atoms with van der Waals surface area (Å²) in [6.45, 7) is 19.5. The van der Waals surface area contributed by atoms with Gasteiger partial charge in [0.1, 0.15) is 18.0 Å². The predicted octanol–water partition coefficient (Wildman–Crippen LogP) is 11.8. The molecular weight excluding hydrogens is 793 g/mol. The second-order valence-corrected chi connectivity index (χ2v) is 15.3. The van der Waals surface area contributed by atoms with Gasteiger partial charge in [-0.05, 0) is 49.3 Å². The molecule has 7 heteroatoms. The maximum Gasteiger partial charge on any atom is 0.164 e. The average molecular weight is 842 g/mol. The molecule has 0 saturated heterocycles. The zero-order valence-corrected chi connectivity index (χ0v) is 33.0. The van der Waals surface area contributed by atoms with E-state index >= 15 is 0 Å². The smallest absolute Gasteiger partial charge is 0.164 e. The van der Waals surface area contributed by atoms with E-state index in [1.807, 2.05) is 41.5 Å². The number of hydrogen-bond donors (Lipinski definition) is 2. The normalized spacial score (nSPS) is 13.8. The Hall–Kier alpha value is -3.25. The van der Waals surface area contributed by atoms with Crippen LogP contribution in [-0.4, -0.2) is 23.3 Å². The number of carbonyl (C=O) groups is 1. The van der Waals surface area contributed by atoms with Gasteiger partial charge in [0, 0.05) is 63.8 Å². The van der Waals surface area contributed by atoms with Crippen LogP contribution in [0.3, 0.4) is 0 Å². The van der Waals surface area contributed by atoms with Crippen LogP contribution >= 0.6 is 11.3 Å². The molecule has 0 amide bonds. The summed E-state index contributed by atoms with van der Waals surface area (Å²) < 4.78 is 6.93. The molecule has 1 radical (unpaired) electrons. The Labute approximate surface area is 303 Å². The second kappa shape index (κ2) is 14.7. The van der Waals surface area contributed by atoms with E-state index in [1.165, 1.54) is 37.7 Å². The topological polar surface area (TPSA) is 74.8 Å². The minimum absolute atomic E-state index is 0. The average Bonchev–Trinajstić information content (AvgIpc) is 3.71. The molecule has 6 rings (SSSR count). The largest absolute Gasteiger partial charge is 0.512 e. The maximum absolute atomic E-state index is 12.2. The van der Waals surface area contributed by atoms with Crippen molar-refractivity contribution in [3.8, 4) is 0 Å². The van der Waals surface area contributed by atoms with Gasteiger partial charge in [-0.1, -0.05) is 91.5 Å². The fraction of sp³-hybridized carbons (Fsp3) is 0.415. The summed E-state index contributed by atoms with van der Waals surface area (Å²) in [5.41, 5.74) is 4.89. The van der Waals surface area contributed by atoms with E-state index in [0.29, 0.717) is 6.67 Å². The number of fused-ring (bicyclic) bond motifs is 6. The Bertz CT molecular complexity index is 1980. The van der Waals surface area contributed by atoms with Gasteiger partial charge in [0.15, 0.2) is 5.78 Å². The number of nitrogens with zero attached hydrogens (tertiary/aromatic N) is 1. The first-order valence-corrected chi connectivity index (χ1v) is 17.7. The fourth-order valence-electron chi connectivity index (χ4n) is 6.14. The van der Waals surface area contributed by atoms with E-state index in [2.05, 4.69) is 80.7 Å². The van der Waals surface area contributed by atoms with Crippen LogP contribution in [0.2, 0.25) is 0 Å². The number of carbonyl (C=O) groups excluding carboxylic acids is 1. The van der Waals surface area contributed by atoms with Crippen molar-refractivity contribution >= 4 is 59.7 Å². The number of furan rings is 1. The molecule has 0 atom stereocenters. The van der Waals surface area contributed by atoms with Crippen molar-refractivity contribution < 1.29 is 34.4 Å². The molecule has 0 unspecified atom stereocenters. The molecule has 5 nitrogen and oxygen atoms in total. The monoisotopic (exact) mass is 842 g/mol.